The van der Waals surface area contributed by atoms with E-state index in [9.17, 15) is 4.79 Å². The summed E-state index contributed by atoms with van der Waals surface area (Å²) in [6.07, 6.45) is 6.83. The maximum atomic E-state index is 11.9. The van der Waals surface area contributed by atoms with Crippen LogP contribution in [0.15, 0.2) is 24.5 Å². The van der Waals surface area contributed by atoms with E-state index in [0.29, 0.717) is 16.6 Å². The maximum absolute atomic E-state index is 11.9. The molecule has 0 bridgehead atoms. The summed E-state index contributed by atoms with van der Waals surface area (Å²) in [4.78, 5) is 15.8. The fourth-order valence-corrected chi connectivity index (χ4v) is 2.69. The Labute approximate surface area is 108 Å². The number of hydrogen-bond donors (Lipinski definition) is 1. The van der Waals surface area contributed by atoms with E-state index < -0.39 is 0 Å². The second-order valence-corrected chi connectivity index (χ2v) is 5.27. The summed E-state index contributed by atoms with van der Waals surface area (Å²) in [5.41, 5.74) is 0.574. The van der Waals surface area contributed by atoms with Gasteiger partial charge in [-0.15, -0.1) is 10.2 Å². The molecule has 2 aromatic rings. The lowest BCUT2D eigenvalue weighted by atomic mass is 9.86. The maximum Gasteiger partial charge on any atom is 0.257 e. The molecule has 1 aliphatic rings. The lowest BCUT2D eigenvalue weighted by Crippen LogP contribution is -2.11. The smallest absolute Gasteiger partial charge is 0.257 e. The molecular weight excluding hydrogens is 248 g/mol. The van der Waals surface area contributed by atoms with Gasteiger partial charge in [-0.05, 0) is 25.0 Å². The highest BCUT2D eigenvalue weighted by Gasteiger charge is 2.23. The number of anilines is 1. The summed E-state index contributed by atoms with van der Waals surface area (Å²) in [5, 5.41) is 12.5. The zero-order chi connectivity index (χ0) is 12.4. The van der Waals surface area contributed by atoms with Crippen LogP contribution in [-0.4, -0.2) is 21.1 Å². The Morgan fingerprint density at radius 2 is 2.06 bits per heavy atom. The first-order valence-corrected chi connectivity index (χ1v) is 6.69. The largest absolute Gasteiger partial charge is 0.296 e. The van der Waals surface area contributed by atoms with Crippen LogP contribution in [0.1, 0.15) is 40.5 Å². The highest BCUT2D eigenvalue weighted by atomic mass is 32.1. The molecular formula is C12H12N4OS. The van der Waals surface area contributed by atoms with Crippen molar-refractivity contribution in [2.24, 2.45) is 0 Å². The van der Waals surface area contributed by atoms with Crippen molar-refractivity contribution in [1.82, 2.24) is 15.2 Å². The van der Waals surface area contributed by atoms with Gasteiger partial charge in [-0.25, -0.2) is 0 Å². The minimum atomic E-state index is -0.172. The first-order valence-electron chi connectivity index (χ1n) is 5.88. The van der Waals surface area contributed by atoms with E-state index in [1.807, 2.05) is 0 Å². The van der Waals surface area contributed by atoms with Crippen molar-refractivity contribution < 1.29 is 4.79 Å². The van der Waals surface area contributed by atoms with Crippen LogP contribution in [0.3, 0.4) is 0 Å². The number of amides is 1. The van der Waals surface area contributed by atoms with Crippen LogP contribution in [0, 0.1) is 0 Å². The van der Waals surface area contributed by atoms with Crippen LogP contribution in [0.2, 0.25) is 0 Å². The van der Waals surface area contributed by atoms with E-state index in [0.717, 1.165) is 5.01 Å². The number of rotatable bonds is 3. The molecule has 3 rings (SSSR count). The van der Waals surface area contributed by atoms with Crippen molar-refractivity contribution in [3.63, 3.8) is 0 Å². The topological polar surface area (TPSA) is 67.8 Å². The summed E-state index contributed by atoms with van der Waals surface area (Å²) in [5.74, 6) is 0.378. The van der Waals surface area contributed by atoms with Crippen LogP contribution in [-0.2, 0) is 0 Å². The van der Waals surface area contributed by atoms with Gasteiger partial charge in [-0.3, -0.25) is 15.1 Å². The summed E-state index contributed by atoms with van der Waals surface area (Å²) in [7, 11) is 0. The molecule has 0 spiro atoms. The molecule has 0 unspecified atom stereocenters. The number of pyridine rings is 1. The van der Waals surface area contributed by atoms with Crippen molar-refractivity contribution in [3.05, 3.63) is 35.1 Å². The number of carbonyl (C=O) groups excluding carboxylic acids is 1. The Balaban J connectivity index is 1.69. The number of nitrogens with one attached hydrogen (secondary N) is 1. The average Bonchev–Trinajstić information content (AvgIpc) is 2.76. The van der Waals surface area contributed by atoms with Crippen molar-refractivity contribution in [3.8, 4) is 0 Å². The van der Waals surface area contributed by atoms with Gasteiger partial charge in [0.1, 0.15) is 5.01 Å². The van der Waals surface area contributed by atoms with Gasteiger partial charge >= 0.3 is 0 Å². The van der Waals surface area contributed by atoms with Crippen LogP contribution < -0.4 is 5.32 Å². The number of aromatic nitrogens is 3. The Hall–Kier alpha value is -1.82. The average molecular weight is 260 g/mol. The Morgan fingerprint density at radius 3 is 2.72 bits per heavy atom. The zero-order valence-electron chi connectivity index (χ0n) is 9.67. The SMILES string of the molecule is O=C(Nc1nnc(C2CCC2)s1)c1ccncc1. The molecule has 5 nitrogen and oxygen atoms in total. The van der Waals surface area contributed by atoms with Gasteiger partial charge in [0.2, 0.25) is 5.13 Å². The standard InChI is InChI=1S/C12H12N4OS/c17-10(8-4-6-13-7-5-8)14-12-16-15-11(18-12)9-2-1-3-9/h4-7,9H,1-3H2,(H,14,16,17). The van der Waals surface area contributed by atoms with E-state index in [-0.39, 0.29) is 5.91 Å². The zero-order valence-corrected chi connectivity index (χ0v) is 10.5. The first-order chi connectivity index (χ1) is 8.83. The molecule has 92 valence electrons. The Morgan fingerprint density at radius 1 is 1.28 bits per heavy atom. The predicted molar refractivity (Wildman–Crippen MR) is 68.7 cm³/mol. The molecule has 1 amide bonds. The van der Waals surface area contributed by atoms with Crippen LogP contribution in [0.5, 0.6) is 0 Å². The highest BCUT2D eigenvalue weighted by Crippen LogP contribution is 2.38. The van der Waals surface area contributed by atoms with Gasteiger partial charge in [0.05, 0.1) is 0 Å². The van der Waals surface area contributed by atoms with E-state index in [4.69, 9.17) is 0 Å². The molecule has 1 N–H and O–H groups in total. The predicted octanol–water partition coefficient (Wildman–Crippen LogP) is 2.45. The molecule has 2 heterocycles. The molecule has 0 aromatic carbocycles. The van der Waals surface area contributed by atoms with E-state index >= 15 is 0 Å². The molecule has 0 saturated heterocycles. The summed E-state index contributed by atoms with van der Waals surface area (Å²) in [6.45, 7) is 0. The fourth-order valence-electron chi connectivity index (χ4n) is 1.78. The van der Waals surface area contributed by atoms with Crippen LogP contribution in [0.4, 0.5) is 5.13 Å². The molecule has 1 aliphatic carbocycles. The Bertz CT molecular complexity index is 550. The fraction of sp³-hybridized carbons (Fsp3) is 0.333. The van der Waals surface area contributed by atoms with Gasteiger partial charge in [-0.1, -0.05) is 17.8 Å². The van der Waals surface area contributed by atoms with Crippen LogP contribution in [0.25, 0.3) is 0 Å². The van der Waals surface area contributed by atoms with Crippen molar-refractivity contribution >= 4 is 22.4 Å². The van der Waals surface area contributed by atoms with E-state index in [2.05, 4.69) is 20.5 Å². The molecule has 2 aromatic heterocycles. The number of carbonyl (C=O) groups is 1. The van der Waals surface area contributed by atoms with E-state index in [1.54, 1.807) is 24.5 Å². The minimum absolute atomic E-state index is 0.172. The minimum Gasteiger partial charge on any atom is -0.296 e. The van der Waals surface area contributed by atoms with Gasteiger partial charge in [0.15, 0.2) is 0 Å². The molecule has 0 radical (unpaired) electrons. The monoisotopic (exact) mass is 260 g/mol. The van der Waals surface area contributed by atoms with Gasteiger partial charge < -0.3 is 0 Å². The number of nitrogens with zero attached hydrogens (tertiary/aromatic N) is 3. The van der Waals surface area contributed by atoms with Gasteiger partial charge in [0, 0.05) is 23.9 Å². The molecule has 1 fully saturated rings. The van der Waals surface area contributed by atoms with Crippen molar-refractivity contribution in [2.45, 2.75) is 25.2 Å². The lowest BCUT2D eigenvalue weighted by Gasteiger charge is -2.21. The second-order valence-electron chi connectivity index (χ2n) is 4.26. The summed E-state index contributed by atoms with van der Waals surface area (Å²) in [6, 6.07) is 3.34. The Kier molecular flexibility index (Phi) is 3.02. The summed E-state index contributed by atoms with van der Waals surface area (Å²) < 4.78 is 0. The normalized spacial score (nSPS) is 15.1. The lowest BCUT2D eigenvalue weighted by molar-refractivity contribution is 0.102. The molecule has 6 heteroatoms. The quantitative estimate of drug-likeness (QED) is 0.920. The third kappa shape index (κ3) is 2.24. The summed E-state index contributed by atoms with van der Waals surface area (Å²) >= 11 is 1.47. The third-order valence-corrected chi connectivity index (χ3v) is 4.06. The highest BCUT2D eigenvalue weighted by molar-refractivity contribution is 7.15. The van der Waals surface area contributed by atoms with E-state index in [1.165, 1.54) is 30.6 Å². The number of hydrogen-bond acceptors (Lipinski definition) is 5. The van der Waals surface area contributed by atoms with Crippen molar-refractivity contribution in [2.75, 3.05) is 5.32 Å². The van der Waals surface area contributed by atoms with Crippen LogP contribution >= 0.6 is 11.3 Å². The van der Waals surface area contributed by atoms with Gasteiger partial charge in [-0.2, -0.15) is 0 Å². The molecule has 1 saturated carbocycles. The third-order valence-electron chi connectivity index (χ3n) is 3.06. The second kappa shape index (κ2) is 4.81. The molecule has 0 atom stereocenters. The van der Waals surface area contributed by atoms with Gasteiger partial charge in [0.25, 0.3) is 5.91 Å². The van der Waals surface area contributed by atoms with Crippen molar-refractivity contribution in [1.29, 1.82) is 0 Å². The molecule has 0 aliphatic heterocycles. The first kappa shape index (κ1) is 11.3. The molecule has 18 heavy (non-hydrogen) atoms.